The Kier molecular flexibility index (Phi) is 4.34. The highest BCUT2D eigenvalue weighted by Gasteiger charge is 2.19. The third kappa shape index (κ3) is 3.08. The van der Waals surface area contributed by atoms with Gasteiger partial charge in [-0.1, -0.05) is 32.9 Å². The molecule has 0 amide bonds. The first-order chi connectivity index (χ1) is 7.81. The molecule has 0 aliphatic rings. The van der Waals surface area contributed by atoms with E-state index in [1.807, 2.05) is 0 Å². The molecule has 96 valence electrons. The van der Waals surface area contributed by atoms with E-state index in [9.17, 15) is 0 Å². The van der Waals surface area contributed by atoms with E-state index in [0.29, 0.717) is 6.54 Å². The predicted octanol–water partition coefficient (Wildman–Crippen LogP) is 3.25. The van der Waals surface area contributed by atoms with Crippen molar-refractivity contribution in [3.63, 3.8) is 0 Å². The quantitative estimate of drug-likeness (QED) is 0.873. The van der Waals surface area contributed by atoms with Gasteiger partial charge in [-0.25, -0.2) is 0 Å². The molecule has 2 heteroatoms. The summed E-state index contributed by atoms with van der Waals surface area (Å²) in [5.74, 6) is 0. The largest absolute Gasteiger partial charge is 0.375 e. The minimum Gasteiger partial charge on any atom is -0.375 e. The van der Waals surface area contributed by atoms with E-state index in [2.05, 4.69) is 46.8 Å². The first-order valence-corrected chi connectivity index (χ1v) is 6.15. The molecule has 2 nitrogen and oxygen atoms in total. The van der Waals surface area contributed by atoms with Crippen LogP contribution in [0.1, 0.15) is 49.1 Å². The molecule has 0 spiro atoms. The van der Waals surface area contributed by atoms with Gasteiger partial charge in [-0.05, 0) is 41.5 Å². The minimum absolute atomic E-state index is 0.00372. The highest BCUT2D eigenvalue weighted by atomic mass is 16.5. The average Bonchev–Trinajstić information content (AvgIpc) is 2.21. The van der Waals surface area contributed by atoms with Gasteiger partial charge in [0.1, 0.15) is 0 Å². The van der Waals surface area contributed by atoms with Crippen molar-refractivity contribution in [3.05, 3.63) is 34.4 Å². The van der Waals surface area contributed by atoms with Crippen LogP contribution in [0.25, 0.3) is 0 Å². The monoisotopic (exact) mass is 235 g/mol. The minimum atomic E-state index is 0.00372. The molecule has 1 rings (SSSR count). The number of benzene rings is 1. The van der Waals surface area contributed by atoms with Crippen LogP contribution in [-0.2, 0) is 10.2 Å². The van der Waals surface area contributed by atoms with Gasteiger partial charge < -0.3 is 10.5 Å². The summed E-state index contributed by atoms with van der Waals surface area (Å²) in [5.41, 5.74) is 11.1. The molecule has 0 radical (unpaired) electrons. The molecular formula is C15H25NO. The maximum Gasteiger partial charge on any atom is 0.0948 e. The van der Waals surface area contributed by atoms with Crippen molar-refractivity contribution in [2.45, 2.75) is 46.1 Å². The Morgan fingerprint density at radius 2 is 1.65 bits per heavy atom. The van der Waals surface area contributed by atoms with E-state index in [4.69, 9.17) is 10.5 Å². The summed E-state index contributed by atoms with van der Waals surface area (Å²) >= 11 is 0. The summed E-state index contributed by atoms with van der Waals surface area (Å²) in [7, 11) is 1.72. The second-order valence-corrected chi connectivity index (χ2v) is 5.73. The van der Waals surface area contributed by atoms with Crippen LogP contribution < -0.4 is 5.73 Å². The molecule has 0 fully saturated rings. The highest BCUT2D eigenvalue weighted by Crippen LogP contribution is 2.30. The van der Waals surface area contributed by atoms with Crippen LogP contribution >= 0.6 is 0 Å². The number of aryl methyl sites for hydroxylation is 2. The highest BCUT2D eigenvalue weighted by molar-refractivity contribution is 5.41. The molecule has 0 bridgehead atoms. The Labute approximate surface area is 105 Å². The molecule has 1 aromatic carbocycles. The summed E-state index contributed by atoms with van der Waals surface area (Å²) in [5, 5.41) is 0. The Bertz CT molecular complexity index is 363. The van der Waals surface area contributed by atoms with Crippen molar-refractivity contribution in [3.8, 4) is 0 Å². The van der Waals surface area contributed by atoms with Crippen molar-refractivity contribution in [1.82, 2.24) is 0 Å². The summed E-state index contributed by atoms with van der Waals surface area (Å²) < 4.78 is 5.45. The Morgan fingerprint density at radius 3 is 1.94 bits per heavy atom. The zero-order valence-corrected chi connectivity index (χ0v) is 11.9. The van der Waals surface area contributed by atoms with Crippen molar-refractivity contribution in [2.75, 3.05) is 13.7 Å². The maximum atomic E-state index is 5.75. The van der Waals surface area contributed by atoms with Gasteiger partial charge in [-0.3, -0.25) is 0 Å². The number of ether oxygens (including phenoxy) is 1. The summed E-state index contributed by atoms with van der Waals surface area (Å²) in [6.07, 6.45) is 0.00372. The van der Waals surface area contributed by atoms with Crippen molar-refractivity contribution in [2.24, 2.45) is 5.73 Å². The molecule has 0 aromatic heterocycles. The number of hydrogen-bond acceptors (Lipinski definition) is 2. The molecule has 2 N–H and O–H groups in total. The lowest BCUT2D eigenvalue weighted by molar-refractivity contribution is 0.109. The molecule has 17 heavy (non-hydrogen) atoms. The molecule has 0 heterocycles. The topological polar surface area (TPSA) is 35.2 Å². The Balaban J connectivity index is 3.28. The third-order valence-electron chi connectivity index (χ3n) is 3.28. The van der Waals surface area contributed by atoms with E-state index < -0.39 is 0 Å². The number of methoxy groups -OCH3 is 1. The Hall–Kier alpha value is -0.860. The zero-order chi connectivity index (χ0) is 13.2. The first kappa shape index (κ1) is 14.2. The van der Waals surface area contributed by atoms with Crippen LogP contribution in [0.2, 0.25) is 0 Å². The fourth-order valence-electron chi connectivity index (χ4n) is 2.25. The van der Waals surface area contributed by atoms with Crippen molar-refractivity contribution >= 4 is 0 Å². The molecule has 0 saturated heterocycles. The first-order valence-electron chi connectivity index (χ1n) is 6.15. The van der Waals surface area contributed by atoms with Crippen molar-refractivity contribution < 1.29 is 4.74 Å². The van der Waals surface area contributed by atoms with Crippen LogP contribution in [-0.4, -0.2) is 13.7 Å². The maximum absolute atomic E-state index is 5.75. The summed E-state index contributed by atoms with van der Waals surface area (Å²) in [6, 6.07) is 4.51. The van der Waals surface area contributed by atoms with Gasteiger partial charge >= 0.3 is 0 Å². The third-order valence-corrected chi connectivity index (χ3v) is 3.28. The van der Waals surface area contributed by atoms with E-state index in [1.165, 1.54) is 22.3 Å². The van der Waals surface area contributed by atoms with Gasteiger partial charge in [-0.15, -0.1) is 0 Å². The van der Waals surface area contributed by atoms with E-state index >= 15 is 0 Å². The lowest BCUT2D eigenvalue weighted by Gasteiger charge is -2.25. The number of rotatable bonds is 3. The summed E-state index contributed by atoms with van der Waals surface area (Å²) in [4.78, 5) is 0. The van der Waals surface area contributed by atoms with Gasteiger partial charge in [0, 0.05) is 13.7 Å². The van der Waals surface area contributed by atoms with E-state index in [1.54, 1.807) is 7.11 Å². The fourth-order valence-corrected chi connectivity index (χ4v) is 2.25. The standard InChI is InChI=1S/C15H25NO/c1-10-7-12(15(3,4)5)8-11(2)14(10)13(9-16)17-6/h7-8,13H,9,16H2,1-6H3. The molecule has 1 unspecified atom stereocenters. The van der Waals surface area contributed by atoms with Gasteiger partial charge in [0.2, 0.25) is 0 Å². The van der Waals surface area contributed by atoms with Crippen LogP contribution in [0, 0.1) is 13.8 Å². The summed E-state index contributed by atoms with van der Waals surface area (Å²) in [6.45, 7) is 11.5. The van der Waals surface area contributed by atoms with E-state index in [-0.39, 0.29) is 11.5 Å². The van der Waals surface area contributed by atoms with Gasteiger partial charge in [0.05, 0.1) is 6.10 Å². The number of hydrogen-bond donors (Lipinski definition) is 1. The second-order valence-electron chi connectivity index (χ2n) is 5.73. The lowest BCUT2D eigenvalue weighted by atomic mass is 9.83. The van der Waals surface area contributed by atoms with Crippen LogP contribution in [0.15, 0.2) is 12.1 Å². The number of nitrogens with two attached hydrogens (primary N) is 1. The smallest absolute Gasteiger partial charge is 0.0948 e. The SMILES string of the molecule is COC(CN)c1c(C)cc(C(C)(C)C)cc1C. The zero-order valence-electron chi connectivity index (χ0n) is 11.9. The molecule has 1 atom stereocenters. The van der Waals surface area contributed by atoms with E-state index in [0.717, 1.165) is 0 Å². The molecule has 0 aliphatic heterocycles. The van der Waals surface area contributed by atoms with Gasteiger partial charge in [0.15, 0.2) is 0 Å². The van der Waals surface area contributed by atoms with Crippen LogP contribution in [0.5, 0.6) is 0 Å². The predicted molar refractivity (Wildman–Crippen MR) is 73.4 cm³/mol. The van der Waals surface area contributed by atoms with Gasteiger partial charge in [-0.2, -0.15) is 0 Å². The Morgan fingerprint density at radius 1 is 1.18 bits per heavy atom. The molecule has 1 aromatic rings. The molecule has 0 aliphatic carbocycles. The lowest BCUT2D eigenvalue weighted by Crippen LogP contribution is -2.18. The molecular weight excluding hydrogens is 210 g/mol. The fraction of sp³-hybridized carbons (Fsp3) is 0.600. The van der Waals surface area contributed by atoms with Gasteiger partial charge in [0.25, 0.3) is 0 Å². The normalized spacial score (nSPS) is 13.8. The second kappa shape index (κ2) is 5.19. The van der Waals surface area contributed by atoms with Crippen LogP contribution in [0.3, 0.4) is 0 Å². The van der Waals surface area contributed by atoms with Crippen molar-refractivity contribution in [1.29, 1.82) is 0 Å². The average molecular weight is 235 g/mol. The molecule has 0 saturated carbocycles. The van der Waals surface area contributed by atoms with Crippen LogP contribution in [0.4, 0.5) is 0 Å².